The number of nitro benzene ring substituents is 1. The van der Waals surface area contributed by atoms with Crippen LogP contribution in [0.15, 0.2) is 88.7 Å². The molecule has 7 nitrogen and oxygen atoms in total. The van der Waals surface area contributed by atoms with Crippen LogP contribution in [0.2, 0.25) is 0 Å². The molecular weight excluding hydrogens is 506 g/mol. The summed E-state index contributed by atoms with van der Waals surface area (Å²) < 4.78 is 28.9. The Labute approximate surface area is 199 Å². The molecule has 168 valence electrons. The monoisotopic (exact) mass is 525 g/mol. The van der Waals surface area contributed by atoms with Gasteiger partial charge in [0.15, 0.2) is 0 Å². The smallest absolute Gasteiger partial charge is 0.269 e. The van der Waals surface area contributed by atoms with E-state index in [0.717, 1.165) is 37.8 Å². The van der Waals surface area contributed by atoms with Crippen LogP contribution in [0.4, 0.5) is 5.69 Å². The van der Waals surface area contributed by atoms with E-state index in [-0.39, 0.29) is 17.1 Å². The van der Waals surface area contributed by atoms with Crippen molar-refractivity contribution in [3.05, 3.63) is 111 Å². The van der Waals surface area contributed by atoms with Gasteiger partial charge in [0, 0.05) is 39.7 Å². The number of H-pyrrole nitrogens is 1. The molecule has 0 saturated heterocycles. The third-order valence-corrected chi connectivity index (χ3v) is 7.51. The number of fused-ring (bicyclic) bond motifs is 1. The first kappa shape index (κ1) is 22.9. The average Bonchev–Trinajstić information content (AvgIpc) is 3.17. The van der Waals surface area contributed by atoms with Crippen molar-refractivity contribution in [3.8, 4) is 0 Å². The van der Waals surface area contributed by atoms with Gasteiger partial charge in [-0.15, -0.1) is 0 Å². The summed E-state index contributed by atoms with van der Waals surface area (Å²) in [6.07, 6.45) is 0.426. The van der Waals surface area contributed by atoms with Gasteiger partial charge in [-0.2, -0.15) is 0 Å². The molecule has 0 spiro atoms. The van der Waals surface area contributed by atoms with E-state index in [1.165, 1.54) is 24.3 Å². The maximum Gasteiger partial charge on any atom is 0.269 e. The average molecular weight is 526 g/mol. The molecule has 9 heteroatoms. The maximum atomic E-state index is 12.7. The lowest BCUT2D eigenvalue weighted by molar-refractivity contribution is -0.384. The van der Waals surface area contributed by atoms with E-state index >= 15 is 0 Å². The van der Waals surface area contributed by atoms with Crippen molar-refractivity contribution in [1.82, 2.24) is 9.71 Å². The molecule has 4 rings (SSSR count). The molecule has 0 radical (unpaired) electrons. The Kier molecular flexibility index (Phi) is 6.46. The second-order valence-corrected chi connectivity index (χ2v) is 10.0. The molecule has 1 aromatic heterocycles. The van der Waals surface area contributed by atoms with E-state index in [1.54, 1.807) is 0 Å². The molecule has 0 aliphatic carbocycles. The number of rotatable bonds is 8. The number of aromatic nitrogens is 1. The number of benzene rings is 3. The fourth-order valence-corrected chi connectivity index (χ4v) is 5.25. The Hall–Kier alpha value is -3.27. The van der Waals surface area contributed by atoms with E-state index in [0.29, 0.717) is 6.42 Å². The fourth-order valence-electron chi connectivity index (χ4n) is 3.70. The number of nitrogens with one attached hydrogen (secondary N) is 2. The molecule has 0 unspecified atom stereocenters. The van der Waals surface area contributed by atoms with Gasteiger partial charge in [-0.05, 0) is 47.4 Å². The molecule has 0 amide bonds. The summed E-state index contributed by atoms with van der Waals surface area (Å²) in [5.74, 6) is 0. The van der Waals surface area contributed by atoms with Crippen molar-refractivity contribution in [3.63, 3.8) is 0 Å². The highest BCUT2D eigenvalue weighted by Gasteiger charge is 2.19. The zero-order chi connectivity index (χ0) is 23.6. The van der Waals surface area contributed by atoms with Crippen LogP contribution in [0.1, 0.15) is 16.8 Å². The summed E-state index contributed by atoms with van der Waals surface area (Å²) in [7, 11) is -3.81. The van der Waals surface area contributed by atoms with Gasteiger partial charge in [0.05, 0.1) is 9.82 Å². The normalized spacial score (nSPS) is 11.5. The maximum absolute atomic E-state index is 12.7. The number of nitrogens with zero attached hydrogens (tertiary/aromatic N) is 1. The second-order valence-electron chi connectivity index (χ2n) is 7.38. The highest BCUT2D eigenvalue weighted by Crippen LogP contribution is 2.33. The molecule has 0 aliphatic heterocycles. The highest BCUT2D eigenvalue weighted by atomic mass is 79.9. The first-order valence-corrected chi connectivity index (χ1v) is 12.3. The summed E-state index contributed by atoms with van der Waals surface area (Å²) in [5.41, 5.74) is 4.32. The minimum Gasteiger partial charge on any atom is -0.354 e. The van der Waals surface area contributed by atoms with Crippen molar-refractivity contribution < 1.29 is 13.3 Å². The number of sulfonamides is 1. The quantitative estimate of drug-likeness (QED) is 0.236. The molecule has 2 N–H and O–H groups in total. The number of hydrogen-bond donors (Lipinski definition) is 2. The number of non-ortho nitro benzene ring substituents is 1. The predicted octanol–water partition coefficient (Wildman–Crippen LogP) is 5.42. The summed E-state index contributed by atoms with van der Waals surface area (Å²) in [6.45, 7) is 4.43. The van der Waals surface area contributed by atoms with Crippen LogP contribution in [0, 0.1) is 10.1 Å². The Morgan fingerprint density at radius 2 is 1.70 bits per heavy atom. The molecule has 0 bridgehead atoms. The van der Waals surface area contributed by atoms with Gasteiger partial charge < -0.3 is 4.98 Å². The largest absolute Gasteiger partial charge is 0.354 e. The van der Waals surface area contributed by atoms with E-state index in [4.69, 9.17) is 0 Å². The molecule has 0 aliphatic rings. The van der Waals surface area contributed by atoms with E-state index < -0.39 is 14.9 Å². The van der Waals surface area contributed by atoms with Crippen LogP contribution in [0.25, 0.3) is 16.5 Å². The number of halogens is 1. The van der Waals surface area contributed by atoms with Crippen LogP contribution >= 0.6 is 15.9 Å². The SMILES string of the molecule is C=C(c1ccccc1Br)c1[nH]c2ccccc2c1CCNS(=O)(=O)c1ccc([N+](=O)[O-])cc1. The lowest BCUT2D eigenvalue weighted by Crippen LogP contribution is -2.26. The molecular formula is C24H20BrN3O4S. The van der Waals surface area contributed by atoms with Gasteiger partial charge >= 0.3 is 0 Å². The Bertz CT molecular complexity index is 1460. The topological polar surface area (TPSA) is 105 Å². The molecule has 0 atom stereocenters. The third-order valence-electron chi connectivity index (χ3n) is 5.34. The predicted molar refractivity (Wildman–Crippen MR) is 133 cm³/mol. The van der Waals surface area contributed by atoms with Crippen molar-refractivity contribution in [1.29, 1.82) is 0 Å². The van der Waals surface area contributed by atoms with Crippen molar-refractivity contribution in [2.75, 3.05) is 6.54 Å². The Balaban J connectivity index is 1.60. The van der Waals surface area contributed by atoms with Crippen LogP contribution in [-0.2, 0) is 16.4 Å². The minimum absolute atomic E-state index is 0.0233. The highest BCUT2D eigenvalue weighted by molar-refractivity contribution is 9.10. The van der Waals surface area contributed by atoms with Gasteiger partial charge in [0.25, 0.3) is 5.69 Å². The van der Waals surface area contributed by atoms with Crippen molar-refractivity contribution >= 4 is 48.1 Å². The van der Waals surface area contributed by atoms with Crippen LogP contribution in [0.3, 0.4) is 0 Å². The summed E-state index contributed by atoms with van der Waals surface area (Å²) in [6, 6.07) is 20.4. The second kappa shape index (κ2) is 9.30. The van der Waals surface area contributed by atoms with Crippen LogP contribution < -0.4 is 4.72 Å². The molecule has 3 aromatic carbocycles. The van der Waals surface area contributed by atoms with Gasteiger partial charge in [-0.3, -0.25) is 10.1 Å². The Morgan fingerprint density at radius 3 is 2.39 bits per heavy atom. The first-order chi connectivity index (χ1) is 15.8. The molecule has 33 heavy (non-hydrogen) atoms. The third kappa shape index (κ3) is 4.75. The summed E-state index contributed by atoms with van der Waals surface area (Å²) in [5, 5.41) is 11.8. The number of aromatic amines is 1. The first-order valence-electron chi connectivity index (χ1n) is 10.1. The fraction of sp³-hybridized carbons (Fsp3) is 0.0833. The van der Waals surface area contributed by atoms with E-state index in [1.807, 2.05) is 48.5 Å². The number of para-hydroxylation sites is 1. The zero-order valence-electron chi connectivity index (χ0n) is 17.4. The van der Waals surface area contributed by atoms with E-state index in [9.17, 15) is 18.5 Å². The van der Waals surface area contributed by atoms with Gasteiger partial charge in [0.1, 0.15) is 0 Å². The number of nitro groups is 1. The van der Waals surface area contributed by atoms with Crippen LogP contribution in [0.5, 0.6) is 0 Å². The molecule has 0 fully saturated rings. The minimum atomic E-state index is -3.81. The summed E-state index contributed by atoms with van der Waals surface area (Å²) in [4.78, 5) is 13.6. The number of hydrogen-bond acceptors (Lipinski definition) is 4. The zero-order valence-corrected chi connectivity index (χ0v) is 19.8. The standard InChI is InChI=1S/C24H20BrN3O4S/c1-16(19-6-2-4-8-22(19)25)24-21(20-7-3-5-9-23(20)27-24)14-15-26-33(31,32)18-12-10-17(11-13-18)28(29)30/h2-13,26-27H,1,14-15H2. The summed E-state index contributed by atoms with van der Waals surface area (Å²) >= 11 is 3.57. The van der Waals surface area contributed by atoms with Crippen molar-refractivity contribution in [2.24, 2.45) is 0 Å². The van der Waals surface area contributed by atoms with Gasteiger partial charge in [0.2, 0.25) is 10.0 Å². The lowest BCUT2D eigenvalue weighted by Gasteiger charge is -2.11. The van der Waals surface area contributed by atoms with Crippen LogP contribution in [-0.4, -0.2) is 24.9 Å². The molecule has 0 saturated carbocycles. The lowest BCUT2D eigenvalue weighted by atomic mass is 9.98. The van der Waals surface area contributed by atoms with Gasteiger partial charge in [-0.1, -0.05) is 58.9 Å². The Morgan fingerprint density at radius 1 is 1.03 bits per heavy atom. The molecule has 1 heterocycles. The van der Waals surface area contributed by atoms with E-state index in [2.05, 4.69) is 32.2 Å². The molecule has 4 aromatic rings. The van der Waals surface area contributed by atoms with Crippen molar-refractivity contribution in [2.45, 2.75) is 11.3 Å². The van der Waals surface area contributed by atoms with Gasteiger partial charge in [-0.25, -0.2) is 13.1 Å².